The molecule has 19 heteroatoms. The van der Waals surface area contributed by atoms with E-state index in [4.69, 9.17) is 51.1 Å². The van der Waals surface area contributed by atoms with Crippen molar-refractivity contribution in [3.05, 3.63) is 11.5 Å². The molecule has 0 saturated heterocycles. The van der Waals surface area contributed by atoms with Crippen LogP contribution in [0.1, 0.15) is 25.7 Å². The van der Waals surface area contributed by atoms with Crippen LogP contribution in [-0.2, 0) is 33.5 Å². The van der Waals surface area contributed by atoms with Crippen molar-refractivity contribution < 1.29 is 136 Å². The Bertz CT molecular complexity index is 765. The molecule has 1 rings (SSSR count). The second-order valence-corrected chi connectivity index (χ2v) is 6.07. The van der Waals surface area contributed by atoms with Gasteiger partial charge >= 0.3 is 87.2 Å². The van der Waals surface area contributed by atoms with E-state index in [1.807, 2.05) is 0 Å². The first kappa shape index (κ1) is 40.4. The monoisotopic (exact) mass is 599 g/mol. The Hall–Kier alpha value is -1.78. The van der Waals surface area contributed by atoms with Crippen molar-refractivity contribution in [2.45, 2.75) is 43.5 Å². The van der Waals surface area contributed by atoms with Crippen LogP contribution in [0, 0.1) is 0 Å². The van der Waals surface area contributed by atoms with Crippen LogP contribution in [0.5, 0.6) is 0 Å². The quantitative estimate of drug-likeness (QED) is 0.0826. The number of cyclic esters (lactones) is 1. The van der Waals surface area contributed by atoms with Crippen LogP contribution in [0.3, 0.4) is 0 Å². The summed E-state index contributed by atoms with van der Waals surface area (Å²) in [5.41, 5.74) is -2.74. The SMILES string of the molecule is O=C(O)CC(O)(CC(=O)O)C(=O)O.O=C(O)CCC(=O)O.O=C1OC(C(O)CO)C(O)=C1O.[Ge].[K+]. The molecule has 1 aliphatic rings. The number of carboxylic acid groups (broad SMARTS) is 5. The number of carbonyl (C=O) groups excluding carboxylic acids is 1. The van der Waals surface area contributed by atoms with Crippen LogP contribution in [0.4, 0.5) is 0 Å². The summed E-state index contributed by atoms with van der Waals surface area (Å²) in [6.45, 7) is -0.671. The summed E-state index contributed by atoms with van der Waals surface area (Å²) in [6.07, 6.45) is -5.66. The minimum absolute atomic E-state index is 0. The van der Waals surface area contributed by atoms with Gasteiger partial charge in [-0.15, -0.1) is 0 Å². The molecule has 4 radical (unpaired) electrons. The molecule has 0 fully saturated rings. The zero-order chi connectivity index (χ0) is 26.5. The number of ether oxygens (including phenoxy) is 1. The van der Waals surface area contributed by atoms with E-state index in [1.54, 1.807) is 0 Å². The van der Waals surface area contributed by atoms with Gasteiger partial charge in [-0.1, -0.05) is 0 Å². The van der Waals surface area contributed by atoms with E-state index in [0.717, 1.165) is 0 Å². The molecular formula is C16H22GeKO17+. The minimum atomic E-state index is -2.74. The van der Waals surface area contributed by atoms with E-state index in [1.165, 1.54) is 0 Å². The maximum Gasteiger partial charge on any atom is 1.00 e. The van der Waals surface area contributed by atoms with Gasteiger partial charge in [0, 0.05) is 17.6 Å². The molecule has 0 aliphatic carbocycles. The van der Waals surface area contributed by atoms with Gasteiger partial charge < -0.3 is 55.8 Å². The molecule has 1 heterocycles. The maximum absolute atomic E-state index is 10.5. The van der Waals surface area contributed by atoms with Crippen molar-refractivity contribution in [3.63, 3.8) is 0 Å². The number of esters is 1. The first-order valence-corrected chi connectivity index (χ1v) is 8.43. The van der Waals surface area contributed by atoms with Crippen LogP contribution in [0.25, 0.3) is 0 Å². The van der Waals surface area contributed by atoms with Gasteiger partial charge in [0.25, 0.3) is 0 Å². The summed E-state index contributed by atoms with van der Waals surface area (Å²) < 4.78 is 4.32. The number of aliphatic hydroxyl groups excluding tert-OH is 4. The maximum atomic E-state index is 10.5. The minimum Gasteiger partial charge on any atom is -0.505 e. The molecule has 0 saturated carbocycles. The molecule has 10 N–H and O–H groups in total. The predicted octanol–water partition coefficient (Wildman–Crippen LogP) is -6.10. The van der Waals surface area contributed by atoms with E-state index in [9.17, 15) is 28.8 Å². The summed E-state index contributed by atoms with van der Waals surface area (Å²) >= 11 is 0. The summed E-state index contributed by atoms with van der Waals surface area (Å²) in [6, 6.07) is 0. The Kier molecular flexibility index (Phi) is 22.4. The van der Waals surface area contributed by atoms with Crippen molar-refractivity contribution in [2.75, 3.05) is 6.61 Å². The normalized spacial score (nSPS) is 14.8. The molecule has 0 bridgehead atoms. The number of carbonyl (C=O) groups is 6. The van der Waals surface area contributed by atoms with Crippen molar-refractivity contribution in [1.29, 1.82) is 0 Å². The molecule has 17 nitrogen and oxygen atoms in total. The number of aliphatic hydroxyl groups is 5. The average molecular weight is 598 g/mol. The molecular weight excluding hydrogens is 576 g/mol. The van der Waals surface area contributed by atoms with Crippen molar-refractivity contribution >= 4 is 53.4 Å². The molecule has 1 aliphatic heterocycles. The Balaban J connectivity index is -0.000000206. The van der Waals surface area contributed by atoms with Gasteiger partial charge in [0.2, 0.25) is 5.76 Å². The molecule has 0 spiro atoms. The van der Waals surface area contributed by atoms with Crippen LogP contribution >= 0.6 is 0 Å². The number of aliphatic carboxylic acids is 5. The summed E-state index contributed by atoms with van der Waals surface area (Å²) in [7, 11) is 0. The summed E-state index contributed by atoms with van der Waals surface area (Å²) in [4.78, 5) is 60.3. The fourth-order valence-electron chi connectivity index (χ4n) is 1.75. The topological polar surface area (TPSA) is 314 Å². The molecule has 0 amide bonds. The third kappa shape index (κ3) is 17.3. The summed E-state index contributed by atoms with van der Waals surface area (Å²) in [5, 5.41) is 84.7. The van der Waals surface area contributed by atoms with Gasteiger partial charge in [-0.05, 0) is 0 Å². The van der Waals surface area contributed by atoms with Crippen molar-refractivity contribution in [3.8, 4) is 0 Å². The van der Waals surface area contributed by atoms with Crippen molar-refractivity contribution in [2.24, 2.45) is 0 Å². The van der Waals surface area contributed by atoms with Crippen molar-refractivity contribution in [1.82, 2.24) is 0 Å². The Morgan fingerprint density at radius 1 is 0.857 bits per heavy atom. The molecule has 2 unspecified atom stereocenters. The van der Waals surface area contributed by atoms with Crippen LogP contribution < -0.4 is 51.4 Å². The Labute approximate surface area is 249 Å². The fraction of sp³-hybridized carbons (Fsp3) is 0.500. The Morgan fingerprint density at radius 2 is 1.23 bits per heavy atom. The van der Waals surface area contributed by atoms with Gasteiger partial charge in [0.15, 0.2) is 17.5 Å². The smallest absolute Gasteiger partial charge is 0.505 e. The van der Waals surface area contributed by atoms with Crippen LogP contribution in [-0.4, -0.2) is 129 Å². The first-order chi connectivity index (χ1) is 15.0. The molecule has 0 aromatic carbocycles. The zero-order valence-electron chi connectivity index (χ0n) is 18.0. The molecule has 35 heavy (non-hydrogen) atoms. The fourth-order valence-corrected chi connectivity index (χ4v) is 1.75. The Morgan fingerprint density at radius 3 is 1.43 bits per heavy atom. The third-order valence-corrected chi connectivity index (χ3v) is 3.31. The van der Waals surface area contributed by atoms with E-state index in [2.05, 4.69) is 4.74 Å². The molecule has 0 aromatic heterocycles. The second-order valence-electron chi connectivity index (χ2n) is 6.07. The van der Waals surface area contributed by atoms with Crippen LogP contribution in [0.15, 0.2) is 11.5 Å². The second kappa shape index (κ2) is 19.4. The van der Waals surface area contributed by atoms with Gasteiger partial charge in [0.05, 0.1) is 32.3 Å². The van der Waals surface area contributed by atoms with Gasteiger partial charge in [-0.25, -0.2) is 9.59 Å². The van der Waals surface area contributed by atoms with E-state index in [0.29, 0.717) is 0 Å². The van der Waals surface area contributed by atoms with E-state index >= 15 is 0 Å². The molecule has 2 atom stereocenters. The molecule has 192 valence electrons. The standard InChI is InChI=1S/C6H8O7.C6H8O6.C4H6O4.Ge.K/c7-3(8)1-6(13,5(11)12)2-4(9)10;7-1-2(8)5-3(9)4(10)6(11)12-5;5-3(6)1-2-4(7)8;;/h13H,1-2H2,(H,7,8)(H,9,10)(H,11,12);2,5,7-10H,1H2;1-2H2,(H,5,6)(H,7,8);;/q;;;;+1. The van der Waals surface area contributed by atoms with Gasteiger partial charge in [0.1, 0.15) is 6.10 Å². The summed E-state index contributed by atoms with van der Waals surface area (Å²) in [5.74, 6) is -9.95. The predicted molar refractivity (Wildman–Crippen MR) is 103 cm³/mol. The number of hydrogen-bond donors (Lipinski definition) is 10. The van der Waals surface area contributed by atoms with E-state index < -0.39 is 84.6 Å². The number of rotatable bonds is 10. The van der Waals surface area contributed by atoms with Gasteiger partial charge in [-0.2, -0.15) is 0 Å². The first-order valence-electron chi connectivity index (χ1n) is 8.43. The largest absolute Gasteiger partial charge is 1.00 e. The zero-order valence-corrected chi connectivity index (χ0v) is 23.2. The van der Waals surface area contributed by atoms with Gasteiger partial charge in [-0.3, -0.25) is 19.2 Å². The number of carboxylic acids is 5. The third-order valence-electron chi connectivity index (χ3n) is 3.31. The molecule has 0 aromatic rings. The van der Waals surface area contributed by atoms with Crippen LogP contribution in [0.2, 0.25) is 0 Å². The average Bonchev–Trinajstić information content (AvgIpc) is 2.92. The number of hydrogen-bond acceptors (Lipinski definition) is 12. The van der Waals surface area contributed by atoms with E-state index in [-0.39, 0.29) is 81.8 Å².